The van der Waals surface area contributed by atoms with Crippen molar-refractivity contribution in [2.24, 2.45) is 7.05 Å². The van der Waals surface area contributed by atoms with Crippen molar-refractivity contribution in [3.8, 4) is 0 Å². The molecule has 0 radical (unpaired) electrons. The molecule has 0 fully saturated rings. The van der Waals surface area contributed by atoms with Gasteiger partial charge in [-0.1, -0.05) is 0 Å². The average molecular weight is 238 g/mol. The van der Waals surface area contributed by atoms with E-state index in [4.69, 9.17) is 4.74 Å². The molecule has 0 bridgehead atoms. The summed E-state index contributed by atoms with van der Waals surface area (Å²) in [6, 6.07) is 3.85. The molecule has 94 valence electrons. The van der Waals surface area contributed by atoms with E-state index in [1.807, 2.05) is 29.9 Å². The molecular weight excluding hydrogens is 220 g/mol. The number of carbonyl (C=O) groups is 2. The van der Waals surface area contributed by atoms with Crippen LogP contribution < -0.4 is 5.32 Å². The third-order valence-corrected chi connectivity index (χ3v) is 2.38. The first-order chi connectivity index (χ1) is 8.13. The minimum atomic E-state index is -0.332. The third-order valence-electron chi connectivity index (χ3n) is 2.38. The first kappa shape index (κ1) is 13.3. The van der Waals surface area contributed by atoms with Crippen LogP contribution in [0.15, 0.2) is 18.3 Å². The number of aryl methyl sites for hydroxylation is 1. The van der Waals surface area contributed by atoms with Crippen LogP contribution in [0, 0.1) is 0 Å². The quantitative estimate of drug-likeness (QED) is 0.752. The predicted octanol–water partition coefficient (Wildman–Crippen LogP) is 0.985. The van der Waals surface area contributed by atoms with Gasteiger partial charge in [-0.25, -0.2) is 0 Å². The number of esters is 1. The summed E-state index contributed by atoms with van der Waals surface area (Å²) >= 11 is 0. The second-order valence-corrected chi connectivity index (χ2v) is 3.69. The Labute approximate surface area is 101 Å². The van der Waals surface area contributed by atoms with Crippen LogP contribution in [0.2, 0.25) is 0 Å². The molecule has 0 saturated heterocycles. The van der Waals surface area contributed by atoms with Gasteiger partial charge in [0.1, 0.15) is 0 Å². The molecule has 5 nitrogen and oxygen atoms in total. The van der Waals surface area contributed by atoms with E-state index in [9.17, 15) is 9.59 Å². The molecule has 1 aromatic rings. The van der Waals surface area contributed by atoms with Gasteiger partial charge in [-0.05, 0) is 19.1 Å². The van der Waals surface area contributed by atoms with E-state index in [-0.39, 0.29) is 24.7 Å². The number of aromatic nitrogens is 1. The number of hydrogen-bond donors (Lipinski definition) is 1. The fraction of sp³-hybridized carbons (Fsp3) is 0.500. The number of nitrogens with zero attached hydrogens (tertiary/aromatic N) is 1. The van der Waals surface area contributed by atoms with Gasteiger partial charge in [-0.3, -0.25) is 9.59 Å². The van der Waals surface area contributed by atoms with Crippen LogP contribution in [-0.4, -0.2) is 23.1 Å². The van der Waals surface area contributed by atoms with Crippen molar-refractivity contribution in [3.63, 3.8) is 0 Å². The summed E-state index contributed by atoms with van der Waals surface area (Å²) in [6.07, 6.45) is 2.22. The van der Waals surface area contributed by atoms with E-state index in [2.05, 4.69) is 5.32 Å². The lowest BCUT2D eigenvalue weighted by molar-refractivity contribution is -0.144. The van der Waals surface area contributed by atoms with Gasteiger partial charge in [0.2, 0.25) is 5.91 Å². The molecule has 0 spiro atoms. The van der Waals surface area contributed by atoms with Crippen LogP contribution in [0.3, 0.4) is 0 Å². The van der Waals surface area contributed by atoms with E-state index in [0.29, 0.717) is 13.2 Å². The van der Waals surface area contributed by atoms with Gasteiger partial charge in [-0.15, -0.1) is 0 Å². The maximum absolute atomic E-state index is 11.4. The Morgan fingerprint density at radius 1 is 1.41 bits per heavy atom. The summed E-state index contributed by atoms with van der Waals surface area (Å²) in [6.45, 7) is 2.57. The van der Waals surface area contributed by atoms with Gasteiger partial charge in [0.25, 0.3) is 0 Å². The van der Waals surface area contributed by atoms with Crippen molar-refractivity contribution in [3.05, 3.63) is 24.0 Å². The lowest BCUT2D eigenvalue weighted by Crippen LogP contribution is -2.24. The van der Waals surface area contributed by atoms with E-state index >= 15 is 0 Å². The zero-order valence-corrected chi connectivity index (χ0v) is 10.2. The molecule has 0 atom stereocenters. The molecule has 1 heterocycles. The molecular formula is C12H18N2O3. The minimum Gasteiger partial charge on any atom is -0.466 e. The SMILES string of the molecule is CCOC(=O)CCC(=O)NCc1cccn1C. The lowest BCUT2D eigenvalue weighted by Gasteiger charge is -2.06. The number of nitrogens with one attached hydrogen (secondary N) is 1. The molecule has 0 aliphatic carbocycles. The van der Waals surface area contributed by atoms with Crippen molar-refractivity contribution in [2.75, 3.05) is 6.61 Å². The normalized spacial score (nSPS) is 10.0. The lowest BCUT2D eigenvalue weighted by atomic mass is 10.3. The van der Waals surface area contributed by atoms with E-state index in [0.717, 1.165) is 5.69 Å². The number of carbonyl (C=O) groups excluding carboxylic acids is 2. The first-order valence-electron chi connectivity index (χ1n) is 5.66. The van der Waals surface area contributed by atoms with E-state index < -0.39 is 0 Å². The highest BCUT2D eigenvalue weighted by Gasteiger charge is 2.07. The van der Waals surface area contributed by atoms with Crippen LogP contribution in [0.25, 0.3) is 0 Å². The van der Waals surface area contributed by atoms with Crippen LogP contribution >= 0.6 is 0 Å². The summed E-state index contributed by atoms with van der Waals surface area (Å²) in [4.78, 5) is 22.5. The number of rotatable bonds is 6. The molecule has 0 saturated carbocycles. The van der Waals surface area contributed by atoms with Crippen molar-refractivity contribution in [1.29, 1.82) is 0 Å². The Balaban J connectivity index is 2.22. The smallest absolute Gasteiger partial charge is 0.306 e. The van der Waals surface area contributed by atoms with Gasteiger partial charge in [0.15, 0.2) is 0 Å². The largest absolute Gasteiger partial charge is 0.466 e. The van der Waals surface area contributed by atoms with Gasteiger partial charge >= 0.3 is 5.97 Å². The third kappa shape index (κ3) is 4.72. The number of ether oxygens (including phenoxy) is 1. The Morgan fingerprint density at radius 2 is 2.18 bits per heavy atom. The Bertz CT molecular complexity index is 385. The molecule has 1 amide bonds. The molecule has 1 rings (SSSR count). The minimum absolute atomic E-state index is 0.132. The highest BCUT2D eigenvalue weighted by atomic mass is 16.5. The molecule has 1 aromatic heterocycles. The average Bonchev–Trinajstić information content (AvgIpc) is 2.70. The molecule has 0 aromatic carbocycles. The molecule has 0 aliphatic rings. The molecule has 1 N–H and O–H groups in total. The van der Waals surface area contributed by atoms with E-state index in [1.165, 1.54) is 0 Å². The highest BCUT2D eigenvalue weighted by molar-refractivity contribution is 5.81. The highest BCUT2D eigenvalue weighted by Crippen LogP contribution is 1.99. The summed E-state index contributed by atoms with van der Waals surface area (Å²) in [7, 11) is 1.92. The van der Waals surface area contributed by atoms with Crippen LogP contribution in [-0.2, 0) is 27.9 Å². The predicted molar refractivity (Wildman–Crippen MR) is 63.1 cm³/mol. The summed E-state index contributed by atoms with van der Waals surface area (Å²) in [5.74, 6) is -0.472. The van der Waals surface area contributed by atoms with Gasteiger partial charge < -0.3 is 14.6 Å². The molecule has 5 heteroatoms. The fourth-order valence-electron chi connectivity index (χ4n) is 1.41. The summed E-state index contributed by atoms with van der Waals surface area (Å²) in [5.41, 5.74) is 1.02. The van der Waals surface area contributed by atoms with Gasteiger partial charge in [0.05, 0.1) is 19.6 Å². The van der Waals surface area contributed by atoms with Crippen molar-refractivity contribution in [1.82, 2.24) is 9.88 Å². The fourth-order valence-corrected chi connectivity index (χ4v) is 1.41. The number of amides is 1. The number of hydrogen-bond acceptors (Lipinski definition) is 3. The molecule has 17 heavy (non-hydrogen) atoms. The Hall–Kier alpha value is -1.78. The van der Waals surface area contributed by atoms with Crippen molar-refractivity contribution < 1.29 is 14.3 Å². The molecule has 0 unspecified atom stereocenters. The summed E-state index contributed by atoms with van der Waals surface area (Å²) < 4.78 is 6.67. The van der Waals surface area contributed by atoms with Crippen molar-refractivity contribution in [2.45, 2.75) is 26.3 Å². The first-order valence-corrected chi connectivity index (χ1v) is 5.66. The monoisotopic (exact) mass is 238 g/mol. The van der Waals surface area contributed by atoms with Crippen LogP contribution in [0.1, 0.15) is 25.5 Å². The summed E-state index contributed by atoms with van der Waals surface area (Å²) in [5, 5.41) is 2.76. The van der Waals surface area contributed by atoms with Crippen molar-refractivity contribution >= 4 is 11.9 Å². The zero-order valence-electron chi connectivity index (χ0n) is 10.2. The maximum Gasteiger partial charge on any atom is 0.306 e. The van der Waals surface area contributed by atoms with Gasteiger partial charge in [-0.2, -0.15) is 0 Å². The Kier molecular flexibility index (Phi) is 5.26. The molecule has 0 aliphatic heterocycles. The topological polar surface area (TPSA) is 60.3 Å². The second-order valence-electron chi connectivity index (χ2n) is 3.69. The van der Waals surface area contributed by atoms with Crippen LogP contribution in [0.5, 0.6) is 0 Å². The Morgan fingerprint density at radius 3 is 2.76 bits per heavy atom. The second kappa shape index (κ2) is 6.73. The van der Waals surface area contributed by atoms with Crippen LogP contribution in [0.4, 0.5) is 0 Å². The van der Waals surface area contributed by atoms with E-state index in [1.54, 1.807) is 6.92 Å². The maximum atomic E-state index is 11.4. The zero-order chi connectivity index (χ0) is 12.7. The standard InChI is InChI=1S/C12H18N2O3/c1-3-17-12(16)7-6-11(15)13-9-10-5-4-8-14(10)2/h4-5,8H,3,6-7,9H2,1-2H3,(H,13,15). The van der Waals surface area contributed by atoms with Gasteiger partial charge in [0, 0.05) is 25.4 Å².